The van der Waals surface area contributed by atoms with E-state index in [0.29, 0.717) is 47.0 Å². The van der Waals surface area contributed by atoms with E-state index in [0.717, 1.165) is 24.1 Å². The van der Waals surface area contributed by atoms with Gasteiger partial charge in [0, 0.05) is 35.9 Å². The molecule has 6 heteroatoms. The highest BCUT2D eigenvalue weighted by Crippen LogP contribution is 2.31. The van der Waals surface area contributed by atoms with Crippen LogP contribution in [0, 0.1) is 11.3 Å². The van der Waals surface area contributed by atoms with Crippen molar-refractivity contribution in [3.63, 3.8) is 0 Å². The summed E-state index contributed by atoms with van der Waals surface area (Å²) in [7, 11) is 1.60. The van der Waals surface area contributed by atoms with Gasteiger partial charge in [0.25, 0.3) is 5.91 Å². The van der Waals surface area contributed by atoms with Gasteiger partial charge in [0.15, 0.2) is 11.5 Å². The first-order chi connectivity index (χ1) is 17.8. The summed E-state index contributed by atoms with van der Waals surface area (Å²) in [6.45, 7) is 10.3. The molecular weight excluding hydrogens is 462 g/mol. The van der Waals surface area contributed by atoms with Gasteiger partial charge in [-0.3, -0.25) is 9.69 Å². The molecule has 0 bridgehead atoms. The van der Waals surface area contributed by atoms with Crippen LogP contribution in [-0.2, 0) is 6.42 Å². The molecule has 1 amide bonds. The molecule has 0 fully saturated rings. The first-order valence-corrected chi connectivity index (χ1v) is 12.8. The van der Waals surface area contributed by atoms with Gasteiger partial charge >= 0.3 is 0 Å². The summed E-state index contributed by atoms with van der Waals surface area (Å²) >= 11 is 0. The van der Waals surface area contributed by atoms with Gasteiger partial charge in [0.2, 0.25) is 0 Å². The van der Waals surface area contributed by atoms with E-state index in [4.69, 9.17) is 9.47 Å². The maximum Gasteiger partial charge on any atom is 0.255 e. The number of hydrogen-bond donors (Lipinski definition) is 1. The smallest absolute Gasteiger partial charge is 0.255 e. The van der Waals surface area contributed by atoms with E-state index in [2.05, 4.69) is 44.0 Å². The van der Waals surface area contributed by atoms with Gasteiger partial charge in [0.05, 0.1) is 26.2 Å². The van der Waals surface area contributed by atoms with E-state index in [1.807, 2.05) is 42.5 Å². The Balaban J connectivity index is 1.72. The van der Waals surface area contributed by atoms with Crippen LogP contribution in [0.1, 0.15) is 50.0 Å². The number of amides is 1. The summed E-state index contributed by atoms with van der Waals surface area (Å²) in [5, 5.41) is 12.3. The van der Waals surface area contributed by atoms with Crippen molar-refractivity contribution in [2.24, 2.45) is 0 Å². The Kier molecular flexibility index (Phi) is 10.1. The topological polar surface area (TPSA) is 74.6 Å². The average Bonchev–Trinajstić information content (AvgIpc) is 2.89. The monoisotopic (exact) mass is 499 g/mol. The predicted octanol–water partition coefficient (Wildman–Crippen LogP) is 6.57. The fourth-order valence-corrected chi connectivity index (χ4v) is 4.46. The molecule has 1 N–H and O–H groups in total. The summed E-state index contributed by atoms with van der Waals surface area (Å²) in [5.41, 5.74) is 3.77. The average molecular weight is 500 g/mol. The first kappa shape index (κ1) is 27.8. The van der Waals surface area contributed by atoms with Crippen molar-refractivity contribution in [3.05, 3.63) is 77.9 Å². The van der Waals surface area contributed by atoms with Crippen LogP contribution in [0.2, 0.25) is 0 Å². The molecule has 0 aliphatic carbocycles. The number of ether oxygens (including phenoxy) is 2. The van der Waals surface area contributed by atoms with E-state index < -0.39 is 0 Å². The molecule has 0 atom stereocenters. The number of anilines is 1. The van der Waals surface area contributed by atoms with Crippen LogP contribution in [0.25, 0.3) is 11.1 Å². The van der Waals surface area contributed by atoms with Gasteiger partial charge in [-0.05, 0) is 75.1 Å². The van der Waals surface area contributed by atoms with E-state index in [-0.39, 0.29) is 12.3 Å². The SMILES string of the molecule is COc1ccc(NC(=O)c2ccc(-c3ccccc3)cc2CC#N)cc1OCCCN(C(C)C)C(C)C. The van der Waals surface area contributed by atoms with E-state index in [9.17, 15) is 10.1 Å². The Morgan fingerprint density at radius 1 is 0.946 bits per heavy atom. The lowest BCUT2D eigenvalue weighted by atomic mass is 9.97. The van der Waals surface area contributed by atoms with Gasteiger partial charge in [0.1, 0.15) is 0 Å². The Hall–Kier alpha value is -3.82. The number of methoxy groups -OCH3 is 1. The first-order valence-electron chi connectivity index (χ1n) is 12.8. The van der Waals surface area contributed by atoms with Crippen molar-refractivity contribution in [1.29, 1.82) is 5.26 Å². The lowest BCUT2D eigenvalue weighted by molar-refractivity contribution is 0.102. The van der Waals surface area contributed by atoms with Crippen molar-refractivity contribution in [2.75, 3.05) is 25.6 Å². The number of nitrogens with zero attached hydrogens (tertiary/aromatic N) is 2. The van der Waals surface area contributed by atoms with Crippen LogP contribution in [0.15, 0.2) is 66.7 Å². The molecule has 0 aliphatic heterocycles. The molecule has 3 rings (SSSR count). The van der Waals surface area contributed by atoms with Gasteiger partial charge in [-0.2, -0.15) is 5.26 Å². The van der Waals surface area contributed by atoms with Crippen LogP contribution >= 0.6 is 0 Å². The van der Waals surface area contributed by atoms with Crippen molar-refractivity contribution in [3.8, 4) is 28.7 Å². The third kappa shape index (κ3) is 7.58. The summed E-state index contributed by atoms with van der Waals surface area (Å²) in [4.78, 5) is 15.6. The molecule has 0 unspecified atom stereocenters. The van der Waals surface area contributed by atoms with Crippen LogP contribution in [-0.4, -0.2) is 43.2 Å². The Bertz CT molecular complexity index is 1210. The molecule has 6 nitrogen and oxygen atoms in total. The van der Waals surface area contributed by atoms with Gasteiger partial charge in [-0.25, -0.2) is 0 Å². The maximum absolute atomic E-state index is 13.2. The van der Waals surface area contributed by atoms with Gasteiger partial charge in [-0.1, -0.05) is 36.4 Å². The number of rotatable bonds is 12. The van der Waals surface area contributed by atoms with Crippen molar-refractivity contribution in [1.82, 2.24) is 4.90 Å². The van der Waals surface area contributed by atoms with Crippen molar-refractivity contribution in [2.45, 2.75) is 52.6 Å². The molecule has 37 heavy (non-hydrogen) atoms. The van der Waals surface area contributed by atoms with Gasteiger partial charge in [-0.15, -0.1) is 0 Å². The molecule has 0 aromatic heterocycles. The minimum atomic E-state index is -0.273. The summed E-state index contributed by atoms with van der Waals surface area (Å²) in [6, 6.07) is 24.0. The number of hydrogen-bond acceptors (Lipinski definition) is 5. The lowest BCUT2D eigenvalue weighted by Gasteiger charge is -2.30. The number of nitrogens with one attached hydrogen (secondary N) is 1. The second-order valence-electron chi connectivity index (χ2n) is 9.52. The second-order valence-corrected chi connectivity index (χ2v) is 9.52. The standard InChI is InChI=1S/C31H37N3O3/c1-22(2)34(23(3)4)18-9-19-37-30-21-27(13-15-29(30)36-5)33-31(35)28-14-12-25(20-26(28)16-17-32)24-10-7-6-8-11-24/h6-8,10-15,20-23H,9,16,18-19H2,1-5H3,(H,33,35). The van der Waals surface area contributed by atoms with Crippen LogP contribution in [0.5, 0.6) is 11.5 Å². The number of nitriles is 1. The third-order valence-electron chi connectivity index (χ3n) is 6.29. The molecule has 0 saturated carbocycles. The molecule has 0 heterocycles. The second kappa shape index (κ2) is 13.5. The maximum atomic E-state index is 13.2. The van der Waals surface area contributed by atoms with Crippen molar-refractivity contribution >= 4 is 11.6 Å². The van der Waals surface area contributed by atoms with Gasteiger partial charge < -0.3 is 14.8 Å². The quantitative estimate of drug-likeness (QED) is 0.285. The lowest BCUT2D eigenvalue weighted by Crippen LogP contribution is -2.38. The zero-order valence-electron chi connectivity index (χ0n) is 22.5. The third-order valence-corrected chi connectivity index (χ3v) is 6.29. The summed E-state index contributed by atoms with van der Waals surface area (Å²) < 4.78 is 11.5. The highest BCUT2D eigenvalue weighted by Gasteiger charge is 2.16. The van der Waals surface area contributed by atoms with Crippen LogP contribution in [0.4, 0.5) is 5.69 Å². The van der Waals surface area contributed by atoms with E-state index in [1.165, 1.54) is 0 Å². The highest BCUT2D eigenvalue weighted by atomic mass is 16.5. The number of carbonyl (C=O) groups excluding carboxylic acids is 1. The van der Waals surface area contributed by atoms with E-state index in [1.54, 1.807) is 31.4 Å². The fraction of sp³-hybridized carbons (Fsp3) is 0.355. The minimum absolute atomic E-state index is 0.143. The molecule has 3 aromatic carbocycles. The predicted molar refractivity (Wildman–Crippen MR) is 149 cm³/mol. The molecule has 0 aliphatic rings. The zero-order chi connectivity index (χ0) is 26.8. The molecular formula is C31H37N3O3. The summed E-state index contributed by atoms with van der Waals surface area (Å²) in [6.07, 6.45) is 1.02. The van der Waals surface area contributed by atoms with Crippen LogP contribution < -0.4 is 14.8 Å². The fourth-order valence-electron chi connectivity index (χ4n) is 4.46. The molecule has 194 valence electrons. The number of carbonyl (C=O) groups is 1. The Labute approximate surface area is 220 Å². The summed E-state index contributed by atoms with van der Waals surface area (Å²) in [5.74, 6) is 0.920. The van der Waals surface area contributed by atoms with Crippen LogP contribution in [0.3, 0.4) is 0 Å². The number of benzene rings is 3. The van der Waals surface area contributed by atoms with Crippen molar-refractivity contribution < 1.29 is 14.3 Å². The highest BCUT2D eigenvalue weighted by molar-refractivity contribution is 6.05. The molecule has 3 aromatic rings. The molecule has 0 spiro atoms. The molecule has 0 saturated heterocycles. The Morgan fingerprint density at radius 2 is 1.68 bits per heavy atom. The minimum Gasteiger partial charge on any atom is -0.493 e. The normalized spacial score (nSPS) is 11.0. The largest absolute Gasteiger partial charge is 0.493 e. The van der Waals surface area contributed by atoms with E-state index >= 15 is 0 Å². The Morgan fingerprint density at radius 3 is 2.32 bits per heavy atom. The molecule has 0 radical (unpaired) electrons. The zero-order valence-corrected chi connectivity index (χ0v) is 22.5.